The van der Waals surface area contributed by atoms with E-state index in [1.807, 2.05) is 30.5 Å². The maximum Gasteiger partial charge on any atom is 0.332 e. The lowest BCUT2D eigenvalue weighted by Gasteiger charge is -2.06. The Morgan fingerprint density at radius 2 is 1.93 bits per heavy atom. The molecule has 0 fully saturated rings. The summed E-state index contributed by atoms with van der Waals surface area (Å²) in [5.74, 6) is -0.415. The zero-order valence-electron chi connectivity index (χ0n) is 15.0. The van der Waals surface area contributed by atoms with Crippen molar-refractivity contribution < 1.29 is 4.79 Å². The number of aromatic nitrogens is 4. The van der Waals surface area contributed by atoms with E-state index in [-0.39, 0.29) is 17.7 Å². The minimum absolute atomic E-state index is 0.146. The smallest absolute Gasteiger partial charge is 0.315 e. The molecule has 1 amide bonds. The quantitative estimate of drug-likeness (QED) is 0.386. The molecule has 10 heteroatoms. The predicted molar refractivity (Wildman–Crippen MR) is 104 cm³/mol. The molecular formula is C17H18N6O3S. The van der Waals surface area contributed by atoms with E-state index in [0.29, 0.717) is 0 Å². The highest BCUT2D eigenvalue weighted by atomic mass is 32.2. The van der Waals surface area contributed by atoms with Gasteiger partial charge in [0.1, 0.15) is 6.54 Å². The summed E-state index contributed by atoms with van der Waals surface area (Å²) < 4.78 is 3.64. The second-order valence-corrected chi connectivity index (χ2v) is 6.70. The Kier molecular flexibility index (Phi) is 5.26. The highest BCUT2D eigenvalue weighted by Gasteiger charge is 2.15. The lowest BCUT2D eigenvalue weighted by Crippen LogP contribution is -2.38. The van der Waals surface area contributed by atoms with Crippen molar-refractivity contribution in [3.05, 3.63) is 57.0 Å². The third-order valence-corrected chi connectivity index (χ3v) is 4.79. The van der Waals surface area contributed by atoms with Crippen LogP contribution in [0.3, 0.4) is 0 Å². The molecule has 27 heavy (non-hydrogen) atoms. The van der Waals surface area contributed by atoms with Gasteiger partial charge in [-0.2, -0.15) is 5.10 Å². The van der Waals surface area contributed by atoms with Crippen molar-refractivity contribution in [2.24, 2.45) is 19.2 Å². The van der Waals surface area contributed by atoms with E-state index in [1.54, 1.807) is 11.8 Å². The molecule has 0 aliphatic heterocycles. The minimum Gasteiger partial charge on any atom is -0.315 e. The van der Waals surface area contributed by atoms with Crippen LogP contribution in [-0.4, -0.2) is 37.1 Å². The minimum atomic E-state index is -0.504. The zero-order chi connectivity index (χ0) is 19.6. The van der Waals surface area contributed by atoms with Crippen LogP contribution >= 0.6 is 11.8 Å². The molecule has 0 unspecified atom stereocenters. The summed E-state index contributed by atoms with van der Waals surface area (Å²) in [5.41, 5.74) is 2.71. The lowest BCUT2D eigenvalue weighted by atomic mass is 10.2. The molecule has 0 saturated heterocycles. The number of carbonyl (C=O) groups is 1. The highest BCUT2D eigenvalue weighted by Crippen LogP contribution is 2.13. The van der Waals surface area contributed by atoms with E-state index >= 15 is 0 Å². The summed E-state index contributed by atoms with van der Waals surface area (Å²) in [6, 6.07) is 7.72. The maximum atomic E-state index is 12.3. The first-order valence-corrected chi connectivity index (χ1v) is 9.21. The average molecular weight is 386 g/mol. The van der Waals surface area contributed by atoms with Crippen LogP contribution in [0.5, 0.6) is 0 Å². The number of hydrogen-bond donors (Lipinski definition) is 1. The standard InChI is InChI=1S/C17H18N6O3S/c1-21-15-14(16(25)22(2)17(21)26)23(10-18-15)9-13(24)20-19-8-11-4-6-12(27-3)7-5-11/h4-8,10H,9H2,1-3H3,(H,20,24)/b19-8+. The largest absolute Gasteiger partial charge is 0.332 e. The van der Waals surface area contributed by atoms with E-state index in [1.165, 1.54) is 35.8 Å². The Labute approximate surface area is 158 Å². The fourth-order valence-corrected chi connectivity index (χ4v) is 2.98. The fourth-order valence-electron chi connectivity index (χ4n) is 2.58. The Morgan fingerprint density at radius 3 is 2.59 bits per heavy atom. The first kappa shape index (κ1) is 18.6. The molecule has 0 spiro atoms. The monoisotopic (exact) mass is 386 g/mol. The number of amides is 1. The van der Waals surface area contributed by atoms with Crippen LogP contribution in [0.1, 0.15) is 5.56 Å². The second kappa shape index (κ2) is 7.62. The molecule has 3 aromatic rings. The van der Waals surface area contributed by atoms with Gasteiger partial charge in [-0.05, 0) is 24.0 Å². The van der Waals surface area contributed by atoms with Crippen molar-refractivity contribution in [2.45, 2.75) is 11.4 Å². The van der Waals surface area contributed by atoms with Gasteiger partial charge in [0.2, 0.25) is 0 Å². The molecule has 0 aliphatic rings. The number of imidazole rings is 1. The summed E-state index contributed by atoms with van der Waals surface area (Å²) in [6.45, 7) is -0.146. The third kappa shape index (κ3) is 3.70. The van der Waals surface area contributed by atoms with E-state index < -0.39 is 17.2 Å². The summed E-state index contributed by atoms with van der Waals surface area (Å²) in [7, 11) is 2.91. The molecule has 3 rings (SSSR count). The van der Waals surface area contributed by atoms with E-state index in [9.17, 15) is 14.4 Å². The number of fused-ring (bicyclic) bond motifs is 1. The Bertz CT molecular complexity index is 1140. The van der Waals surface area contributed by atoms with Gasteiger partial charge >= 0.3 is 5.69 Å². The molecule has 0 aliphatic carbocycles. The van der Waals surface area contributed by atoms with Crippen LogP contribution in [0.4, 0.5) is 0 Å². The molecule has 140 valence electrons. The van der Waals surface area contributed by atoms with Gasteiger partial charge in [0.15, 0.2) is 11.2 Å². The summed E-state index contributed by atoms with van der Waals surface area (Å²) in [4.78, 5) is 41.6. The number of carbonyl (C=O) groups excluding carboxylic acids is 1. The number of benzene rings is 1. The molecule has 2 aromatic heterocycles. The number of nitrogens with zero attached hydrogens (tertiary/aromatic N) is 5. The van der Waals surface area contributed by atoms with Gasteiger partial charge in [-0.15, -0.1) is 11.8 Å². The van der Waals surface area contributed by atoms with Gasteiger partial charge in [0.05, 0.1) is 12.5 Å². The molecule has 0 radical (unpaired) electrons. The SMILES string of the molecule is CSc1ccc(/C=N/NC(=O)Cn2cnc3c2c(=O)n(C)c(=O)n3C)cc1. The molecule has 0 saturated carbocycles. The Morgan fingerprint density at radius 1 is 1.22 bits per heavy atom. The topological polar surface area (TPSA) is 103 Å². The van der Waals surface area contributed by atoms with Gasteiger partial charge in [-0.3, -0.25) is 18.7 Å². The van der Waals surface area contributed by atoms with Crippen molar-refractivity contribution in [3.63, 3.8) is 0 Å². The highest BCUT2D eigenvalue weighted by molar-refractivity contribution is 7.98. The predicted octanol–water partition coefficient (Wildman–Crippen LogP) is 0.306. The first-order valence-electron chi connectivity index (χ1n) is 7.99. The lowest BCUT2D eigenvalue weighted by molar-refractivity contribution is -0.121. The molecule has 0 atom stereocenters. The molecule has 9 nitrogen and oxygen atoms in total. The van der Waals surface area contributed by atoms with Crippen LogP contribution in [0.2, 0.25) is 0 Å². The van der Waals surface area contributed by atoms with Crippen LogP contribution in [0.15, 0.2) is 50.2 Å². The van der Waals surface area contributed by atoms with Crippen molar-refractivity contribution in [1.29, 1.82) is 0 Å². The summed E-state index contributed by atoms with van der Waals surface area (Å²) >= 11 is 1.64. The normalized spacial score (nSPS) is 11.4. The third-order valence-electron chi connectivity index (χ3n) is 4.05. The van der Waals surface area contributed by atoms with Crippen molar-refractivity contribution in [2.75, 3.05) is 6.26 Å². The number of rotatable bonds is 5. The zero-order valence-corrected chi connectivity index (χ0v) is 15.9. The number of hydrazone groups is 1. The van der Waals surface area contributed by atoms with Gasteiger partial charge in [-0.25, -0.2) is 15.2 Å². The van der Waals surface area contributed by atoms with Crippen LogP contribution in [0.25, 0.3) is 11.2 Å². The van der Waals surface area contributed by atoms with Crippen molar-refractivity contribution in [1.82, 2.24) is 24.1 Å². The Balaban J connectivity index is 1.75. The van der Waals surface area contributed by atoms with Crippen LogP contribution in [-0.2, 0) is 25.4 Å². The molecule has 2 heterocycles. The number of thioether (sulfide) groups is 1. The molecule has 0 bridgehead atoms. The molecule has 1 N–H and O–H groups in total. The molecule has 1 aromatic carbocycles. The second-order valence-electron chi connectivity index (χ2n) is 5.82. The van der Waals surface area contributed by atoms with E-state index in [0.717, 1.165) is 15.0 Å². The van der Waals surface area contributed by atoms with Crippen LogP contribution < -0.4 is 16.7 Å². The maximum absolute atomic E-state index is 12.3. The fraction of sp³-hybridized carbons (Fsp3) is 0.235. The summed E-state index contributed by atoms with van der Waals surface area (Å²) in [6.07, 6.45) is 4.89. The molecular weight excluding hydrogens is 368 g/mol. The average Bonchev–Trinajstić information content (AvgIpc) is 3.08. The van der Waals surface area contributed by atoms with Gasteiger partial charge in [0, 0.05) is 19.0 Å². The van der Waals surface area contributed by atoms with E-state index in [2.05, 4.69) is 15.5 Å². The van der Waals surface area contributed by atoms with Crippen LogP contribution in [0, 0.1) is 0 Å². The van der Waals surface area contributed by atoms with Gasteiger partial charge < -0.3 is 4.57 Å². The van der Waals surface area contributed by atoms with Gasteiger partial charge in [-0.1, -0.05) is 12.1 Å². The number of nitrogens with one attached hydrogen (secondary N) is 1. The summed E-state index contributed by atoms with van der Waals surface area (Å²) in [5, 5.41) is 3.93. The van der Waals surface area contributed by atoms with Crippen molar-refractivity contribution in [3.8, 4) is 0 Å². The van der Waals surface area contributed by atoms with E-state index in [4.69, 9.17) is 0 Å². The van der Waals surface area contributed by atoms with Crippen molar-refractivity contribution >= 4 is 35.0 Å². The number of hydrogen-bond acceptors (Lipinski definition) is 6. The van der Waals surface area contributed by atoms with Gasteiger partial charge in [0.25, 0.3) is 11.5 Å². The Hall–Kier alpha value is -3.14. The number of aryl methyl sites for hydroxylation is 1. The first-order chi connectivity index (χ1) is 12.9.